The van der Waals surface area contributed by atoms with Crippen molar-refractivity contribution in [2.24, 2.45) is 0 Å². The first-order valence-corrected chi connectivity index (χ1v) is 7.92. The number of hydrogen-bond acceptors (Lipinski definition) is 4. The van der Waals surface area contributed by atoms with Gasteiger partial charge in [-0.3, -0.25) is 0 Å². The van der Waals surface area contributed by atoms with E-state index in [9.17, 15) is 17.2 Å². The van der Waals surface area contributed by atoms with E-state index in [1.807, 2.05) is 0 Å². The average molecular weight is 378 g/mol. The zero-order valence-electron chi connectivity index (χ0n) is 10.5. The molecule has 112 valence electrons. The first-order chi connectivity index (χ1) is 9.79. The van der Waals surface area contributed by atoms with Crippen LogP contribution in [0.2, 0.25) is 0 Å². The molecular formula is C12H10BrF2N3O2S. The Bertz CT molecular complexity index is 784. The molecule has 3 N–H and O–H groups in total. The molecule has 1 heterocycles. The van der Waals surface area contributed by atoms with E-state index in [1.165, 1.54) is 18.3 Å². The Morgan fingerprint density at radius 1 is 1.24 bits per heavy atom. The van der Waals surface area contributed by atoms with Crippen molar-refractivity contribution >= 4 is 31.8 Å². The molecule has 9 heteroatoms. The van der Waals surface area contributed by atoms with Crippen LogP contribution < -0.4 is 10.5 Å². The maximum Gasteiger partial charge on any atom is 0.244 e. The summed E-state index contributed by atoms with van der Waals surface area (Å²) in [6.07, 6.45) is 1.36. The number of nitrogen functional groups attached to an aromatic ring is 1. The summed E-state index contributed by atoms with van der Waals surface area (Å²) in [5, 5.41) is 0. The molecule has 0 unspecified atom stereocenters. The molecule has 0 aliphatic heterocycles. The fourth-order valence-electron chi connectivity index (χ4n) is 1.55. The molecule has 0 aliphatic carbocycles. The number of hydrogen-bond donors (Lipinski definition) is 2. The molecule has 0 aliphatic rings. The fourth-order valence-corrected chi connectivity index (χ4v) is 3.16. The second-order valence-corrected chi connectivity index (χ2v) is 6.76. The molecule has 0 saturated carbocycles. The van der Waals surface area contributed by atoms with E-state index < -0.39 is 21.7 Å². The van der Waals surface area contributed by atoms with Gasteiger partial charge in [-0.2, -0.15) is 0 Å². The highest BCUT2D eigenvalue weighted by atomic mass is 79.9. The maximum atomic E-state index is 13.1. The molecule has 1 aromatic heterocycles. The molecule has 0 radical (unpaired) electrons. The van der Waals surface area contributed by atoms with Crippen LogP contribution in [0.25, 0.3) is 0 Å². The highest BCUT2D eigenvalue weighted by molar-refractivity contribution is 9.10. The number of sulfonamides is 1. The van der Waals surface area contributed by atoms with E-state index in [1.54, 1.807) is 0 Å². The summed E-state index contributed by atoms with van der Waals surface area (Å²) in [7, 11) is -3.92. The number of aromatic nitrogens is 1. The standard InChI is InChI=1S/C12H10BrF2N3O2S/c13-8-4-11(12(16)17-6-8)21(19,20)18-5-7-1-2-9(14)10(15)3-7/h1-4,6,18H,5H2,(H2,16,17). The molecule has 0 saturated heterocycles. The molecule has 0 fully saturated rings. The summed E-state index contributed by atoms with van der Waals surface area (Å²) >= 11 is 3.10. The number of pyridine rings is 1. The van der Waals surface area contributed by atoms with Crippen LogP contribution in [0.5, 0.6) is 0 Å². The number of benzene rings is 1. The molecule has 2 aromatic rings. The van der Waals surface area contributed by atoms with Crippen LogP contribution >= 0.6 is 15.9 Å². The Morgan fingerprint density at radius 2 is 1.95 bits per heavy atom. The second-order valence-electron chi connectivity index (χ2n) is 4.11. The average Bonchev–Trinajstić information content (AvgIpc) is 2.43. The van der Waals surface area contributed by atoms with Crippen LogP contribution in [0, 0.1) is 11.6 Å². The first-order valence-electron chi connectivity index (χ1n) is 5.64. The zero-order valence-corrected chi connectivity index (χ0v) is 12.9. The summed E-state index contributed by atoms with van der Waals surface area (Å²) in [4.78, 5) is 3.53. The van der Waals surface area contributed by atoms with Crippen LogP contribution in [0.1, 0.15) is 5.56 Å². The van der Waals surface area contributed by atoms with Gasteiger partial charge in [0.05, 0.1) is 0 Å². The van der Waals surface area contributed by atoms with E-state index in [0.717, 1.165) is 12.1 Å². The smallest absolute Gasteiger partial charge is 0.244 e. The van der Waals surface area contributed by atoms with Crippen LogP contribution in [-0.4, -0.2) is 13.4 Å². The third kappa shape index (κ3) is 3.74. The minimum atomic E-state index is -3.92. The van der Waals surface area contributed by atoms with Crippen molar-refractivity contribution in [1.29, 1.82) is 0 Å². The van der Waals surface area contributed by atoms with Gasteiger partial charge in [0.15, 0.2) is 11.6 Å². The van der Waals surface area contributed by atoms with E-state index in [4.69, 9.17) is 5.73 Å². The van der Waals surface area contributed by atoms with Crippen molar-refractivity contribution in [1.82, 2.24) is 9.71 Å². The normalized spacial score (nSPS) is 11.6. The van der Waals surface area contributed by atoms with Crippen LogP contribution in [-0.2, 0) is 16.6 Å². The Labute approximate surface area is 128 Å². The maximum absolute atomic E-state index is 13.1. The Kier molecular flexibility index (Phi) is 4.55. The largest absolute Gasteiger partial charge is 0.383 e. The lowest BCUT2D eigenvalue weighted by molar-refractivity contribution is 0.506. The van der Waals surface area contributed by atoms with Gasteiger partial charge in [0, 0.05) is 17.2 Å². The van der Waals surface area contributed by atoms with E-state index in [0.29, 0.717) is 4.47 Å². The topological polar surface area (TPSA) is 85.1 Å². The van der Waals surface area contributed by atoms with Gasteiger partial charge in [-0.05, 0) is 39.7 Å². The third-order valence-corrected chi connectivity index (χ3v) is 4.45. The quantitative estimate of drug-likeness (QED) is 0.854. The summed E-state index contributed by atoms with van der Waals surface area (Å²) < 4.78 is 52.8. The number of nitrogens with one attached hydrogen (secondary N) is 1. The van der Waals surface area contributed by atoms with Crippen molar-refractivity contribution in [3.63, 3.8) is 0 Å². The van der Waals surface area contributed by atoms with Crippen LogP contribution in [0.4, 0.5) is 14.6 Å². The van der Waals surface area contributed by atoms with Crippen molar-refractivity contribution in [3.05, 3.63) is 52.1 Å². The second kappa shape index (κ2) is 6.04. The van der Waals surface area contributed by atoms with Gasteiger partial charge in [-0.15, -0.1) is 0 Å². The summed E-state index contributed by atoms with van der Waals surface area (Å²) in [5.74, 6) is -2.20. The van der Waals surface area contributed by atoms with E-state index in [-0.39, 0.29) is 22.8 Å². The summed E-state index contributed by atoms with van der Waals surface area (Å²) in [5.41, 5.74) is 5.80. The van der Waals surface area contributed by atoms with Gasteiger partial charge < -0.3 is 5.73 Å². The SMILES string of the molecule is Nc1ncc(Br)cc1S(=O)(=O)NCc1ccc(F)c(F)c1. The highest BCUT2D eigenvalue weighted by Crippen LogP contribution is 2.20. The van der Waals surface area contributed by atoms with Gasteiger partial charge in [-0.25, -0.2) is 26.9 Å². The predicted molar refractivity (Wildman–Crippen MR) is 76.7 cm³/mol. The minimum Gasteiger partial charge on any atom is -0.383 e. The van der Waals surface area contributed by atoms with E-state index >= 15 is 0 Å². The Morgan fingerprint density at radius 3 is 2.62 bits per heavy atom. The molecule has 0 atom stereocenters. The Balaban J connectivity index is 2.21. The lowest BCUT2D eigenvalue weighted by Crippen LogP contribution is -2.24. The minimum absolute atomic E-state index is 0.156. The molecule has 2 rings (SSSR count). The molecule has 0 spiro atoms. The lowest BCUT2D eigenvalue weighted by Gasteiger charge is -2.09. The molecule has 1 aromatic carbocycles. The first kappa shape index (κ1) is 15.8. The molecule has 0 amide bonds. The summed E-state index contributed by atoms with van der Waals surface area (Å²) in [6.45, 7) is -0.203. The molecule has 0 bridgehead atoms. The van der Waals surface area contributed by atoms with Gasteiger partial charge in [0.2, 0.25) is 10.0 Å². The van der Waals surface area contributed by atoms with Crippen LogP contribution in [0.3, 0.4) is 0 Å². The highest BCUT2D eigenvalue weighted by Gasteiger charge is 2.18. The fraction of sp³-hybridized carbons (Fsp3) is 0.0833. The molecule has 5 nitrogen and oxygen atoms in total. The number of nitrogens with two attached hydrogens (primary N) is 1. The van der Waals surface area contributed by atoms with Gasteiger partial charge in [0.1, 0.15) is 10.7 Å². The molecule has 21 heavy (non-hydrogen) atoms. The zero-order chi connectivity index (χ0) is 15.6. The monoisotopic (exact) mass is 377 g/mol. The molecular weight excluding hydrogens is 368 g/mol. The predicted octanol–water partition coefficient (Wildman–Crippen LogP) is 2.18. The van der Waals surface area contributed by atoms with Gasteiger partial charge >= 0.3 is 0 Å². The Hall–Kier alpha value is -1.58. The number of anilines is 1. The lowest BCUT2D eigenvalue weighted by atomic mass is 10.2. The van der Waals surface area contributed by atoms with Gasteiger partial charge in [0.25, 0.3) is 0 Å². The number of rotatable bonds is 4. The number of halogens is 3. The van der Waals surface area contributed by atoms with Crippen molar-refractivity contribution < 1.29 is 17.2 Å². The van der Waals surface area contributed by atoms with Crippen molar-refractivity contribution in [2.45, 2.75) is 11.4 Å². The van der Waals surface area contributed by atoms with Crippen molar-refractivity contribution in [2.75, 3.05) is 5.73 Å². The van der Waals surface area contributed by atoms with Gasteiger partial charge in [-0.1, -0.05) is 6.07 Å². The number of nitrogens with zero attached hydrogens (tertiary/aromatic N) is 1. The third-order valence-electron chi connectivity index (χ3n) is 2.59. The van der Waals surface area contributed by atoms with Crippen molar-refractivity contribution in [3.8, 4) is 0 Å². The van der Waals surface area contributed by atoms with Crippen LogP contribution in [0.15, 0.2) is 39.8 Å². The summed E-state index contributed by atoms with van der Waals surface area (Å²) in [6, 6.07) is 4.42. The van der Waals surface area contributed by atoms with E-state index in [2.05, 4.69) is 25.6 Å².